The van der Waals surface area contributed by atoms with Gasteiger partial charge in [-0.25, -0.2) is 0 Å². The molecule has 10 heteroatoms. The quantitative estimate of drug-likeness (QED) is 0.470. The SMILES string of the molecule is C[C@H](O)[C@@H](O)[C@H]1CNc2nc(N)[nH]c(=O)c2N1C(=O)c1cccnc1. The molecule has 6 N–H and O–H groups in total. The van der Waals surface area contributed by atoms with Crippen LogP contribution in [0.15, 0.2) is 29.3 Å². The van der Waals surface area contributed by atoms with Gasteiger partial charge in [0.2, 0.25) is 5.95 Å². The van der Waals surface area contributed by atoms with Gasteiger partial charge in [0.25, 0.3) is 11.5 Å². The number of aliphatic hydroxyl groups excluding tert-OH is 2. The molecular formula is C15H18N6O4. The van der Waals surface area contributed by atoms with Crippen LogP contribution in [-0.4, -0.2) is 55.9 Å². The minimum absolute atomic E-state index is 0.0704. The van der Waals surface area contributed by atoms with Crippen molar-refractivity contribution >= 4 is 23.4 Å². The highest BCUT2D eigenvalue weighted by Gasteiger charge is 2.40. The molecule has 0 aromatic carbocycles. The lowest BCUT2D eigenvalue weighted by atomic mass is 10.0. The number of pyridine rings is 1. The van der Waals surface area contributed by atoms with E-state index in [0.29, 0.717) is 0 Å². The fraction of sp³-hybridized carbons (Fsp3) is 0.333. The highest BCUT2D eigenvalue weighted by Crippen LogP contribution is 2.29. The highest BCUT2D eigenvalue weighted by atomic mass is 16.3. The maximum atomic E-state index is 13.0. The van der Waals surface area contributed by atoms with Crippen LogP contribution in [0.5, 0.6) is 0 Å². The van der Waals surface area contributed by atoms with Crippen LogP contribution in [0.2, 0.25) is 0 Å². The second kappa shape index (κ2) is 6.49. The molecule has 0 saturated carbocycles. The number of rotatable bonds is 3. The second-order valence-corrected chi connectivity index (χ2v) is 5.74. The Morgan fingerprint density at radius 2 is 2.24 bits per heavy atom. The van der Waals surface area contributed by atoms with Gasteiger partial charge in [-0.3, -0.25) is 24.5 Å². The first-order chi connectivity index (χ1) is 11.9. The van der Waals surface area contributed by atoms with Crippen molar-refractivity contribution in [3.63, 3.8) is 0 Å². The van der Waals surface area contributed by atoms with Crippen LogP contribution in [0.4, 0.5) is 17.5 Å². The number of amides is 1. The van der Waals surface area contributed by atoms with Crippen molar-refractivity contribution in [1.29, 1.82) is 0 Å². The fourth-order valence-electron chi connectivity index (χ4n) is 2.76. The molecule has 132 valence electrons. The molecule has 25 heavy (non-hydrogen) atoms. The maximum Gasteiger partial charge on any atom is 0.278 e. The number of nitrogen functional groups attached to an aromatic ring is 1. The molecule has 0 unspecified atom stereocenters. The van der Waals surface area contributed by atoms with E-state index >= 15 is 0 Å². The molecule has 1 aliphatic rings. The number of aliphatic hydroxyl groups is 2. The molecule has 3 atom stereocenters. The first-order valence-corrected chi connectivity index (χ1v) is 7.63. The second-order valence-electron chi connectivity index (χ2n) is 5.74. The summed E-state index contributed by atoms with van der Waals surface area (Å²) in [5, 5.41) is 23.0. The number of nitrogens with two attached hydrogens (primary N) is 1. The number of H-pyrrole nitrogens is 1. The van der Waals surface area contributed by atoms with Gasteiger partial charge in [0.05, 0.1) is 17.7 Å². The fourth-order valence-corrected chi connectivity index (χ4v) is 2.76. The average Bonchev–Trinajstić information content (AvgIpc) is 2.60. The molecule has 2 aromatic heterocycles. The Labute approximate surface area is 142 Å². The Bertz CT molecular complexity index is 838. The van der Waals surface area contributed by atoms with E-state index in [4.69, 9.17) is 5.73 Å². The summed E-state index contributed by atoms with van der Waals surface area (Å²) in [6.07, 6.45) is 0.477. The lowest BCUT2D eigenvalue weighted by Crippen LogP contribution is -2.58. The van der Waals surface area contributed by atoms with Gasteiger partial charge in [-0.1, -0.05) is 0 Å². The van der Waals surface area contributed by atoms with Crippen LogP contribution in [0, 0.1) is 0 Å². The number of aromatic nitrogens is 3. The van der Waals surface area contributed by atoms with E-state index < -0.39 is 29.7 Å². The molecule has 0 fully saturated rings. The lowest BCUT2D eigenvalue weighted by molar-refractivity contribution is 0.0152. The van der Waals surface area contributed by atoms with Gasteiger partial charge in [-0.15, -0.1) is 0 Å². The third-order valence-electron chi connectivity index (χ3n) is 3.98. The third kappa shape index (κ3) is 3.04. The third-order valence-corrected chi connectivity index (χ3v) is 3.98. The molecule has 0 bridgehead atoms. The number of anilines is 3. The molecule has 1 amide bonds. The Kier molecular flexibility index (Phi) is 4.38. The predicted molar refractivity (Wildman–Crippen MR) is 90.3 cm³/mol. The van der Waals surface area contributed by atoms with E-state index in [2.05, 4.69) is 20.3 Å². The minimum atomic E-state index is -1.28. The van der Waals surface area contributed by atoms with E-state index in [0.717, 1.165) is 4.90 Å². The number of nitrogens with one attached hydrogen (secondary N) is 2. The van der Waals surface area contributed by atoms with E-state index in [-0.39, 0.29) is 29.6 Å². The predicted octanol–water partition coefficient (Wildman–Crippen LogP) is -1.07. The van der Waals surface area contributed by atoms with Crippen molar-refractivity contribution in [1.82, 2.24) is 15.0 Å². The van der Waals surface area contributed by atoms with Crippen molar-refractivity contribution in [3.05, 3.63) is 40.4 Å². The minimum Gasteiger partial charge on any atom is -0.391 e. The van der Waals surface area contributed by atoms with Crippen molar-refractivity contribution in [2.75, 3.05) is 22.5 Å². The summed E-state index contributed by atoms with van der Waals surface area (Å²) in [5.74, 6) is -0.510. The molecule has 0 saturated heterocycles. The van der Waals surface area contributed by atoms with E-state index in [1.807, 2.05) is 0 Å². The number of aromatic amines is 1. The lowest BCUT2D eigenvalue weighted by Gasteiger charge is -2.39. The van der Waals surface area contributed by atoms with Crippen molar-refractivity contribution in [3.8, 4) is 0 Å². The van der Waals surface area contributed by atoms with Gasteiger partial charge in [-0.2, -0.15) is 4.98 Å². The van der Waals surface area contributed by atoms with Crippen LogP contribution in [-0.2, 0) is 0 Å². The molecule has 2 aromatic rings. The molecule has 3 rings (SSSR count). The molecule has 0 aliphatic carbocycles. The zero-order valence-electron chi connectivity index (χ0n) is 13.4. The standard InChI is InChI=1S/C15H18N6O4/c1-7(22)11(23)9-6-18-12-10(13(24)20-15(16)19-12)21(9)14(25)8-3-2-4-17-5-8/h2-5,7,9,11,22-23H,6H2,1H3,(H4,16,18,19,20,24)/t7-,9+,11+/m0/s1. The van der Waals surface area contributed by atoms with Gasteiger partial charge >= 0.3 is 0 Å². The van der Waals surface area contributed by atoms with Crippen LogP contribution in [0.25, 0.3) is 0 Å². The van der Waals surface area contributed by atoms with Gasteiger partial charge in [-0.05, 0) is 19.1 Å². The summed E-state index contributed by atoms with van der Waals surface area (Å²) >= 11 is 0. The summed E-state index contributed by atoms with van der Waals surface area (Å²) in [6.45, 7) is 1.49. The Balaban J connectivity index is 2.14. The smallest absolute Gasteiger partial charge is 0.278 e. The summed E-state index contributed by atoms with van der Waals surface area (Å²) in [6, 6.07) is 2.25. The molecular weight excluding hydrogens is 328 g/mol. The molecule has 3 heterocycles. The molecule has 0 radical (unpaired) electrons. The molecule has 10 nitrogen and oxygen atoms in total. The molecule has 1 aliphatic heterocycles. The van der Waals surface area contributed by atoms with Crippen LogP contribution < -0.4 is 21.5 Å². The van der Waals surface area contributed by atoms with Gasteiger partial charge in [0, 0.05) is 18.9 Å². The van der Waals surface area contributed by atoms with E-state index in [9.17, 15) is 19.8 Å². The number of nitrogens with zero attached hydrogens (tertiary/aromatic N) is 3. The zero-order chi connectivity index (χ0) is 18.1. The summed E-state index contributed by atoms with van der Waals surface area (Å²) in [5.41, 5.74) is 5.08. The highest BCUT2D eigenvalue weighted by molar-refractivity contribution is 6.08. The van der Waals surface area contributed by atoms with Crippen molar-refractivity contribution in [2.24, 2.45) is 0 Å². The average molecular weight is 346 g/mol. The summed E-state index contributed by atoms with van der Waals surface area (Å²) < 4.78 is 0. The summed E-state index contributed by atoms with van der Waals surface area (Å²) in [4.78, 5) is 36.8. The number of fused-ring (bicyclic) bond motifs is 1. The van der Waals surface area contributed by atoms with Crippen LogP contribution >= 0.6 is 0 Å². The monoisotopic (exact) mass is 346 g/mol. The maximum absolute atomic E-state index is 13.0. The Morgan fingerprint density at radius 1 is 1.48 bits per heavy atom. The zero-order valence-corrected chi connectivity index (χ0v) is 13.4. The number of hydrogen-bond acceptors (Lipinski definition) is 8. The van der Waals surface area contributed by atoms with E-state index in [1.165, 1.54) is 19.3 Å². The van der Waals surface area contributed by atoms with Gasteiger partial charge < -0.3 is 21.3 Å². The normalized spacial score (nSPS) is 18.8. The van der Waals surface area contributed by atoms with E-state index in [1.54, 1.807) is 12.1 Å². The largest absolute Gasteiger partial charge is 0.391 e. The Hall–Kier alpha value is -2.98. The first-order valence-electron chi connectivity index (χ1n) is 7.63. The van der Waals surface area contributed by atoms with Crippen LogP contribution in [0.3, 0.4) is 0 Å². The van der Waals surface area contributed by atoms with Crippen molar-refractivity contribution < 1.29 is 15.0 Å². The van der Waals surface area contributed by atoms with Crippen molar-refractivity contribution in [2.45, 2.75) is 25.2 Å². The summed E-state index contributed by atoms with van der Waals surface area (Å²) in [7, 11) is 0. The van der Waals surface area contributed by atoms with Gasteiger partial charge in [0.15, 0.2) is 11.5 Å². The van der Waals surface area contributed by atoms with Gasteiger partial charge in [0.1, 0.15) is 6.10 Å². The molecule has 0 spiro atoms. The Morgan fingerprint density at radius 3 is 2.88 bits per heavy atom. The topological polar surface area (TPSA) is 157 Å². The first kappa shape index (κ1) is 16.9. The van der Waals surface area contributed by atoms with Crippen LogP contribution in [0.1, 0.15) is 17.3 Å². The number of carbonyl (C=O) groups is 1. The number of hydrogen-bond donors (Lipinski definition) is 5. The number of carbonyl (C=O) groups excluding carboxylic acids is 1.